The van der Waals surface area contributed by atoms with Gasteiger partial charge in [-0.2, -0.15) is 0 Å². The Balaban J connectivity index is 2.56. The first-order valence-corrected chi connectivity index (χ1v) is 6.21. The lowest BCUT2D eigenvalue weighted by Crippen LogP contribution is -2.22. The monoisotopic (exact) mass is 241 g/mol. The molecule has 16 heavy (non-hydrogen) atoms. The van der Waals surface area contributed by atoms with Crippen LogP contribution in [0.4, 0.5) is 0 Å². The minimum atomic E-state index is 0.248. The second-order valence-electron chi connectivity index (χ2n) is 3.85. The van der Waals surface area contributed by atoms with Gasteiger partial charge in [-0.3, -0.25) is 0 Å². The quantitative estimate of drug-likeness (QED) is 0.789. The van der Waals surface area contributed by atoms with E-state index < -0.39 is 0 Å². The molecule has 0 aliphatic rings. The second-order valence-corrected chi connectivity index (χ2v) is 4.26. The predicted molar refractivity (Wildman–Crippen MR) is 69.3 cm³/mol. The summed E-state index contributed by atoms with van der Waals surface area (Å²) in [6.45, 7) is 3.14. The number of para-hydroxylation sites is 1. The number of hydrogen-bond donors (Lipinski definition) is 1. The number of benzene rings is 1. The van der Waals surface area contributed by atoms with Gasteiger partial charge in [-0.05, 0) is 38.6 Å². The van der Waals surface area contributed by atoms with Gasteiger partial charge in [0.15, 0.2) is 0 Å². The molecule has 0 fully saturated rings. The van der Waals surface area contributed by atoms with Crippen LogP contribution in [-0.4, -0.2) is 19.7 Å². The highest BCUT2D eigenvalue weighted by Gasteiger charge is 2.10. The standard InChI is InChI=1S/C13H20ClNO/c1-3-6-11(9-10-15-2)16-13-8-5-4-7-12(13)14/h4-5,7-8,11,15H,3,6,9-10H2,1-2H3/t11-/m0/s1. The Morgan fingerprint density at radius 2 is 2.06 bits per heavy atom. The minimum Gasteiger partial charge on any atom is -0.489 e. The molecule has 2 nitrogen and oxygen atoms in total. The summed E-state index contributed by atoms with van der Waals surface area (Å²) in [7, 11) is 1.96. The zero-order valence-electron chi connectivity index (χ0n) is 10.0. The maximum atomic E-state index is 6.06. The first kappa shape index (κ1) is 13.3. The molecule has 3 heteroatoms. The molecule has 90 valence electrons. The lowest BCUT2D eigenvalue weighted by Gasteiger charge is -2.19. The van der Waals surface area contributed by atoms with E-state index in [-0.39, 0.29) is 6.10 Å². The molecule has 0 saturated carbocycles. The van der Waals surface area contributed by atoms with Gasteiger partial charge in [0.25, 0.3) is 0 Å². The van der Waals surface area contributed by atoms with Crippen molar-refractivity contribution in [2.45, 2.75) is 32.3 Å². The number of hydrogen-bond acceptors (Lipinski definition) is 2. The Bertz CT molecular complexity index is 304. The van der Waals surface area contributed by atoms with Crippen LogP contribution in [0.3, 0.4) is 0 Å². The molecule has 0 heterocycles. The molecule has 0 spiro atoms. The number of rotatable bonds is 7. The molecule has 0 aliphatic heterocycles. The fourth-order valence-electron chi connectivity index (χ4n) is 1.61. The van der Waals surface area contributed by atoms with Crippen LogP contribution < -0.4 is 10.1 Å². The molecule has 0 aliphatic carbocycles. The Kier molecular flexibility index (Phi) is 6.27. The molecule has 1 aromatic carbocycles. The average Bonchev–Trinajstić information content (AvgIpc) is 2.29. The van der Waals surface area contributed by atoms with Gasteiger partial charge in [-0.1, -0.05) is 37.1 Å². The van der Waals surface area contributed by atoms with Crippen molar-refractivity contribution < 1.29 is 4.74 Å². The topological polar surface area (TPSA) is 21.3 Å². The Labute approximate surface area is 103 Å². The molecule has 0 aromatic heterocycles. The molecule has 1 rings (SSSR count). The van der Waals surface area contributed by atoms with Crippen molar-refractivity contribution in [2.75, 3.05) is 13.6 Å². The summed E-state index contributed by atoms with van der Waals surface area (Å²) in [6, 6.07) is 7.64. The maximum Gasteiger partial charge on any atom is 0.138 e. The van der Waals surface area contributed by atoms with Gasteiger partial charge in [-0.15, -0.1) is 0 Å². The third-order valence-electron chi connectivity index (χ3n) is 2.46. The molecule has 1 N–H and O–H groups in total. The van der Waals surface area contributed by atoms with Crippen molar-refractivity contribution in [3.05, 3.63) is 29.3 Å². The first-order chi connectivity index (χ1) is 7.77. The van der Waals surface area contributed by atoms with Gasteiger partial charge >= 0.3 is 0 Å². The lowest BCUT2D eigenvalue weighted by atomic mass is 10.1. The maximum absolute atomic E-state index is 6.06. The van der Waals surface area contributed by atoms with E-state index in [0.29, 0.717) is 5.02 Å². The van der Waals surface area contributed by atoms with E-state index in [4.69, 9.17) is 16.3 Å². The Morgan fingerprint density at radius 1 is 1.31 bits per heavy atom. The molecular weight excluding hydrogens is 222 g/mol. The Hall–Kier alpha value is -0.730. The summed E-state index contributed by atoms with van der Waals surface area (Å²) in [5.41, 5.74) is 0. The molecule has 0 unspecified atom stereocenters. The lowest BCUT2D eigenvalue weighted by molar-refractivity contribution is 0.180. The summed E-state index contributed by atoms with van der Waals surface area (Å²) >= 11 is 6.06. The van der Waals surface area contributed by atoms with E-state index in [0.717, 1.165) is 31.6 Å². The molecule has 0 amide bonds. The van der Waals surface area contributed by atoms with Crippen LogP contribution in [0.5, 0.6) is 5.75 Å². The molecule has 1 atom stereocenters. The van der Waals surface area contributed by atoms with E-state index in [2.05, 4.69) is 12.2 Å². The summed E-state index contributed by atoms with van der Waals surface area (Å²) in [5.74, 6) is 0.790. The van der Waals surface area contributed by atoms with Crippen LogP contribution in [0.25, 0.3) is 0 Å². The molecule has 1 aromatic rings. The zero-order chi connectivity index (χ0) is 11.8. The Morgan fingerprint density at radius 3 is 2.69 bits per heavy atom. The highest BCUT2D eigenvalue weighted by molar-refractivity contribution is 6.32. The first-order valence-electron chi connectivity index (χ1n) is 5.83. The fourth-order valence-corrected chi connectivity index (χ4v) is 1.79. The van der Waals surface area contributed by atoms with Crippen LogP contribution in [0.2, 0.25) is 5.02 Å². The van der Waals surface area contributed by atoms with Crippen molar-refractivity contribution in [3.63, 3.8) is 0 Å². The zero-order valence-corrected chi connectivity index (χ0v) is 10.8. The van der Waals surface area contributed by atoms with E-state index in [1.165, 1.54) is 0 Å². The van der Waals surface area contributed by atoms with E-state index in [1.54, 1.807) is 0 Å². The van der Waals surface area contributed by atoms with E-state index >= 15 is 0 Å². The molecule has 0 saturated heterocycles. The van der Waals surface area contributed by atoms with Gasteiger partial charge in [0.1, 0.15) is 5.75 Å². The fraction of sp³-hybridized carbons (Fsp3) is 0.538. The van der Waals surface area contributed by atoms with Crippen LogP contribution in [0.15, 0.2) is 24.3 Å². The van der Waals surface area contributed by atoms with Gasteiger partial charge in [0.05, 0.1) is 11.1 Å². The smallest absolute Gasteiger partial charge is 0.138 e. The number of halogens is 1. The number of nitrogens with one attached hydrogen (secondary N) is 1. The normalized spacial score (nSPS) is 12.4. The summed E-state index contributed by atoms with van der Waals surface area (Å²) in [6.07, 6.45) is 3.44. The van der Waals surface area contributed by atoms with Gasteiger partial charge < -0.3 is 10.1 Å². The number of ether oxygens (including phenoxy) is 1. The third-order valence-corrected chi connectivity index (χ3v) is 2.77. The van der Waals surface area contributed by atoms with E-state index in [9.17, 15) is 0 Å². The molecule has 0 radical (unpaired) electrons. The van der Waals surface area contributed by atoms with Crippen molar-refractivity contribution in [2.24, 2.45) is 0 Å². The molecule has 0 bridgehead atoms. The van der Waals surface area contributed by atoms with Crippen molar-refractivity contribution in [1.82, 2.24) is 5.32 Å². The summed E-state index contributed by atoms with van der Waals surface area (Å²) < 4.78 is 5.92. The average molecular weight is 242 g/mol. The summed E-state index contributed by atoms with van der Waals surface area (Å²) in [5, 5.41) is 3.83. The van der Waals surface area contributed by atoms with E-state index in [1.807, 2.05) is 31.3 Å². The SMILES string of the molecule is CCC[C@@H](CCNC)Oc1ccccc1Cl. The van der Waals surface area contributed by atoms with Crippen LogP contribution in [0, 0.1) is 0 Å². The predicted octanol–water partition coefficient (Wildman–Crippen LogP) is 3.50. The second kappa shape index (κ2) is 7.53. The van der Waals surface area contributed by atoms with Gasteiger partial charge in [0, 0.05) is 0 Å². The molecular formula is C13H20ClNO. The minimum absolute atomic E-state index is 0.248. The van der Waals surface area contributed by atoms with Crippen LogP contribution >= 0.6 is 11.6 Å². The summed E-state index contributed by atoms with van der Waals surface area (Å²) in [4.78, 5) is 0. The largest absolute Gasteiger partial charge is 0.489 e. The van der Waals surface area contributed by atoms with Crippen molar-refractivity contribution >= 4 is 11.6 Å². The van der Waals surface area contributed by atoms with Gasteiger partial charge in [0.2, 0.25) is 0 Å². The van der Waals surface area contributed by atoms with Crippen LogP contribution in [0.1, 0.15) is 26.2 Å². The third kappa shape index (κ3) is 4.42. The van der Waals surface area contributed by atoms with Crippen LogP contribution in [-0.2, 0) is 0 Å². The highest BCUT2D eigenvalue weighted by Crippen LogP contribution is 2.25. The van der Waals surface area contributed by atoms with Gasteiger partial charge in [-0.25, -0.2) is 0 Å². The van der Waals surface area contributed by atoms with Crippen molar-refractivity contribution in [3.8, 4) is 5.75 Å². The highest BCUT2D eigenvalue weighted by atomic mass is 35.5. The van der Waals surface area contributed by atoms with Crippen molar-refractivity contribution in [1.29, 1.82) is 0 Å².